The molecule has 2 aromatic carbocycles. The average Bonchev–Trinajstić information content (AvgIpc) is 2.48. The van der Waals surface area contributed by atoms with Crippen LogP contribution < -0.4 is 5.32 Å². The Morgan fingerprint density at radius 1 is 1.25 bits per heavy atom. The summed E-state index contributed by atoms with van der Waals surface area (Å²) in [5, 5.41) is 6.03. The van der Waals surface area contributed by atoms with Gasteiger partial charge in [0.2, 0.25) is 0 Å². The molecule has 0 radical (unpaired) electrons. The Morgan fingerprint density at radius 2 is 2.05 bits per heavy atom. The number of hydrogen-bond donors (Lipinski definition) is 1. The zero-order valence-electron chi connectivity index (χ0n) is 10.5. The second-order valence-corrected chi connectivity index (χ2v) is 3.97. The fourth-order valence-corrected chi connectivity index (χ4v) is 1.81. The van der Waals surface area contributed by atoms with E-state index < -0.39 is 12.6 Å². The predicted molar refractivity (Wildman–Crippen MR) is 75.3 cm³/mol. The number of azide groups is 1. The lowest BCUT2D eigenvalue weighted by Gasteiger charge is -2.10. The Balaban J connectivity index is 2.44. The van der Waals surface area contributed by atoms with Crippen LogP contribution in [0.25, 0.3) is 21.6 Å². The van der Waals surface area contributed by atoms with E-state index in [4.69, 9.17) is 5.53 Å². The van der Waals surface area contributed by atoms with Gasteiger partial charge in [-0.05, 0) is 23.2 Å². The van der Waals surface area contributed by atoms with Gasteiger partial charge in [0.25, 0.3) is 5.91 Å². The largest absolute Gasteiger partial charge is 0.323 e. The van der Waals surface area contributed by atoms with Gasteiger partial charge in [-0.2, -0.15) is 0 Å². The maximum atomic E-state index is 12.3. The smallest absolute Gasteiger partial charge is 0.255 e. The van der Waals surface area contributed by atoms with E-state index in [2.05, 4.69) is 15.3 Å². The number of carbonyl (C=O) groups excluding carboxylic acids is 1. The third-order valence-electron chi connectivity index (χ3n) is 2.64. The number of carbonyl (C=O) groups is 1. The number of rotatable bonds is 4. The van der Waals surface area contributed by atoms with Gasteiger partial charge in [-0.3, -0.25) is 4.79 Å². The zero-order valence-corrected chi connectivity index (χ0v) is 10.5. The summed E-state index contributed by atoms with van der Waals surface area (Å²) in [6, 6.07) is 14.0. The number of nitrogens with one attached hydrogen (secondary N) is 1. The number of alkyl halides is 1. The van der Waals surface area contributed by atoms with Gasteiger partial charge < -0.3 is 5.32 Å². The molecular formula is C14H11FN4O. The minimum atomic E-state index is -1.08. The molecule has 0 saturated heterocycles. The van der Waals surface area contributed by atoms with Gasteiger partial charge in [0, 0.05) is 21.8 Å². The Labute approximate surface area is 114 Å². The van der Waals surface area contributed by atoms with Gasteiger partial charge in [0.15, 0.2) is 6.67 Å². The molecule has 1 N–H and O–H groups in total. The molecule has 1 amide bonds. The summed E-state index contributed by atoms with van der Waals surface area (Å²) in [7, 11) is 0. The van der Waals surface area contributed by atoms with Crippen molar-refractivity contribution in [1.29, 1.82) is 0 Å². The van der Waals surface area contributed by atoms with Gasteiger partial charge in [0.05, 0.1) is 0 Å². The lowest BCUT2D eigenvalue weighted by atomic mass is 10.0. The van der Waals surface area contributed by atoms with E-state index in [1.165, 1.54) is 0 Å². The third-order valence-corrected chi connectivity index (χ3v) is 2.64. The summed E-state index contributed by atoms with van der Waals surface area (Å²) in [5.74, 6) is -0.705. The van der Waals surface area contributed by atoms with E-state index in [1.807, 2.05) is 6.07 Å². The van der Waals surface area contributed by atoms with E-state index in [0.29, 0.717) is 11.4 Å². The van der Waals surface area contributed by atoms with Crippen LogP contribution in [0.5, 0.6) is 0 Å². The van der Waals surface area contributed by atoms with E-state index in [1.54, 1.807) is 42.5 Å². The highest BCUT2D eigenvalue weighted by Gasteiger charge is 2.08. The number of hydrogen-bond acceptors (Lipinski definition) is 2. The summed E-state index contributed by atoms with van der Waals surface area (Å²) in [4.78, 5) is 13.9. The molecule has 20 heavy (non-hydrogen) atoms. The van der Waals surface area contributed by atoms with Crippen molar-refractivity contribution < 1.29 is 9.18 Å². The zero-order chi connectivity index (χ0) is 14.4. The number of para-hydroxylation sites is 1. The summed E-state index contributed by atoms with van der Waals surface area (Å²) in [5.41, 5.74) is 10.9. The van der Waals surface area contributed by atoms with Crippen molar-refractivity contribution in [1.82, 2.24) is 0 Å². The van der Waals surface area contributed by atoms with Crippen LogP contribution in [-0.2, 0) is 4.79 Å². The van der Waals surface area contributed by atoms with Crippen molar-refractivity contribution in [3.05, 3.63) is 59.0 Å². The molecule has 0 unspecified atom stereocenters. The normalized spacial score (nSPS) is 9.65. The van der Waals surface area contributed by atoms with Crippen molar-refractivity contribution in [3.8, 4) is 11.1 Å². The van der Waals surface area contributed by atoms with Gasteiger partial charge >= 0.3 is 0 Å². The second kappa shape index (κ2) is 6.36. The fraction of sp³-hybridized carbons (Fsp3) is 0.0714. The molecule has 0 aliphatic carbocycles. The molecule has 0 bridgehead atoms. The van der Waals surface area contributed by atoms with Crippen LogP contribution in [0.3, 0.4) is 0 Å². The fourth-order valence-electron chi connectivity index (χ4n) is 1.81. The molecule has 6 heteroatoms. The van der Waals surface area contributed by atoms with E-state index in [9.17, 15) is 9.18 Å². The molecule has 0 heterocycles. The van der Waals surface area contributed by atoms with Crippen LogP contribution in [0.4, 0.5) is 15.8 Å². The molecule has 2 rings (SSSR count). The summed E-state index contributed by atoms with van der Waals surface area (Å²) in [6.07, 6.45) is 0. The maximum Gasteiger partial charge on any atom is 0.255 e. The van der Waals surface area contributed by atoms with E-state index >= 15 is 0 Å². The van der Waals surface area contributed by atoms with Gasteiger partial charge in [0.1, 0.15) is 0 Å². The highest BCUT2D eigenvalue weighted by atomic mass is 19.1. The SMILES string of the molecule is [N-]=[N+]=Nc1cccc(-c2ccccc2NC(=O)CF)c1. The first kappa shape index (κ1) is 13.6. The summed E-state index contributed by atoms with van der Waals surface area (Å²) < 4.78 is 12.3. The molecule has 100 valence electrons. The molecular weight excluding hydrogens is 259 g/mol. The molecule has 0 aliphatic heterocycles. The van der Waals surface area contributed by atoms with Crippen molar-refractivity contribution >= 4 is 17.3 Å². The van der Waals surface area contributed by atoms with Crippen LogP contribution in [0, 0.1) is 0 Å². The molecule has 0 aromatic heterocycles. The molecule has 0 atom stereocenters. The van der Waals surface area contributed by atoms with Gasteiger partial charge in [-0.1, -0.05) is 41.5 Å². The third kappa shape index (κ3) is 3.13. The Hall–Kier alpha value is -2.85. The molecule has 0 aliphatic rings. The predicted octanol–water partition coefficient (Wildman–Crippen LogP) is 4.20. The number of anilines is 1. The molecule has 2 aromatic rings. The summed E-state index contributed by atoms with van der Waals surface area (Å²) in [6.45, 7) is -1.08. The summed E-state index contributed by atoms with van der Waals surface area (Å²) >= 11 is 0. The topological polar surface area (TPSA) is 77.9 Å². The van der Waals surface area contributed by atoms with Crippen LogP contribution in [-0.4, -0.2) is 12.6 Å². The van der Waals surface area contributed by atoms with Crippen LogP contribution in [0.15, 0.2) is 53.6 Å². The second-order valence-electron chi connectivity index (χ2n) is 3.97. The quantitative estimate of drug-likeness (QED) is 0.504. The number of amides is 1. The number of halogens is 1. The Morgan fingerprint density at radius 3 is 2.80 bits per heavy atom. The molecule has 0 spiro atoms. The first-order valence-electron chi connectivity index (χ1n) is 5.85. The maximum absolute atomic E-state index is 12.3. The van der Waals surface area contributed by atoms with Crippen molar-refractivity contribution in [2.45, 2.75) is 0 Å². The Kier molecular flexibility index (Phi) is 4.32. The molecule has 0 fully saturated rings. The number of benzene rings is 2. The lowest BCUT2D eigenvalue weighted by molar-refractivity contribution is -0.117. The minimum Gasteiger partial charge on any atom is -0.323 e. The van der Waals surface area contributed by atoms with Gasteiger partial charge in [-0.25, -0.2) is 4.39 Å². The minimum absolute atomic E-state index is 0.469. The first-order chi connectivity index (χ1) is 9.74. The highest BCUT2D eigenvalue weighted by Crippen LogP contribution is 2.30. The first-order valence-corrected chi connectivity index (χ1v) is 5.85. The van der Waals surface area contributed by atoms with E-state index in [-0.39, 0.29) is 0 Å². The Bertz CT molecular complexity index is 680. The lowest BCUT2D eigenvalue weighted by Crippen LogP contribution is -2.13. The molecule has 5 nitrogen and oxygen atoms in total. The van der Waals surface area contributed by atoms with Crippen LogP contribution in [0.1, 0.15) is 0 Å². The number of nitrogens with zero attached hydrogens (tertiary/aromatic N) is 3. The monoisotopic (exact) mass is 270 g/mol. The molecule has 0 saturated carbocycles. The van der Waals surface area contributed by atoms with Crippen molar-refractivity contribution in [2.75, 3.05) is 12.0 Å². The van der Waals surface area contributed by atoms with Crippen LogP contribution in [0.2, 0.25) is 0 Å². The highest BCUT2D eigenvalue weighted by molar-refractivity contribution is 5.96. The van der Waals surface area contributed by atoms with E-state index in [0.717, 1.165) is 11.1 Å². The van der Waals surface area contributed by atoms with Crippen LogP contribution >= 0.6 is 0 Å². The van der Waals surface area contributed by atoms with Crippen molar-refractivity contribution in [2.24, 2.45) is 5.11 Å². The van der Waals surface area contributed by atoms with Gasteiger partial charge in [-0.15, -0.1) is 0 Å². The van der Waals surface area contributed by atoms with Crippen molar-refractivity contribution in [3.63, 3.8) is 0 Å². The standard InChI is InChI=1S/C14H11FN4O/c15-9-14(20)17-13-7-2-1-6-12(13)10-4-3-5-11(8-10)18-19-16/h1-8H,9H2,(H,17,20). The average molecular weight is 270 g/mol.